The van der Waals surface area contributed by atoms with E-state index < -0.39 is 0 Å². The van der Waals surface area contributed by atoms with Crippen LogP contribution < -0.4 is 5.32 Å². The van der Waals surface area contributed by atoms with Gasteiger partial charge in [0.25, 0.3) is 0 Å². The van der Waals surface area contributed by atoms with Crippen molar-refractivity contribution in [2.45, 2.75) is 52.2 Å². The van der Waals surface area contributed by atoms with Crippen molar-refractivity contribution in [3.8, 4) is 0 Å². The van der Waals surface area contributed by atoms with Crippen molar-refractivity contribution in [3.05, 3.63) is 35.4 Å². The lowest BCUT2D eigenvalue weighted by Crippen LogP contribution is -2.44. The molecule has 0 bridgehead atoms. The first-order valence-corrected chi connectivity index (χ1v) is 7.17. The Balaban J connectivity index is 1.80. The molecule has 1 N–H and O–H groups in total. The maximum atomic E-state index is 3.65. The Bertz CT molecular complexity index is 365. The predicted molar refractivity (Wildman–Crippen MR) is 77.7 cm³/mol. The molecule has 0 aromatic heterocycles. The van der Waals surface area contributed by atoms with Gasteiger partial charge >= 0.3 is 0 Å². The van der Waals surface area contributed by atoms with Crippen LogP contribution in [0.5, 0.6) is 0 Å². The number of benzene rings is 1. The summed E-state index contributed by atoms with van der Waals surface area (Å²) in [7, 11) is 0. The van der Waals surface area contributed by atoms with Crippen LogP contribution in [0.1, 0.15) is 37.8 Å². The monoisotopic (exact) mass is 246 g/mol. The molecular formula is C16H26N2. The van der Waals surface area contributed by atoms with Crippen LogP contribution in [0.4, 0.5) is 0 Å². The lowest BCUT2D eigenvalue weighted by atomic mass is 10.0. The fourth-order valence-electron chi connectivity index (χ4n) is 2.80. The van der Waals surface area contributed by atoms with Gasteiger partial charge in [0, 0.05) is 18.6 Å². The molecule has 1 aliphatic heterocycles. The maximum Gasteiger partial charge on any atom is 0.0233 e. The molecule has 0 spiro atoms. The number of aryl methyl sites for hydroxylation is 1. The van der Waals surface area contributed by atoms with Gasteiger partial charge in [-0.1, -0.05) is 43.7 Å². The normalized spacial score (nSPS) is 18.4. The fraction of sp³-hybridized carbons (Fsp3) is 0.625. The molecule has 0 saturated carbocycles. The van der Waals surface area contributed by atoms with Crippen LogP contribution in [-0.2, 0) is 6.54 Å². The largest absolute Gasteiger partial charge is 0.312 e. The molecule has 1 fully saturated rings. The number of nitrogens with one attached hydrogen (secondary N) is 1. The highest BCUT2D eigenvalue weighted by Crippen LogP contribution is 2.15. The van der Waals surface area contributed by atoms with Gasteiger partial charge in [0.05, 0.1) is 0 Å². The molecule has 2 rings (SSSR count). The molecule has 0 radical (unpaired) electrons. The molecule has 1 saturated heterocycles. The van der Waals surface area contributed by atoms with Crippen molar-refractivity contribution < 1.29 is 0 Å². The number of nitrogens with zero attached hydrogens (tertiary/aromatic N) is 1. The summed E-state index contributed by atoms with van der Waals surface area (Å²) < 4.78 is 0. The molecule has 0 amide bonds. The molecule has 0 unspecified atom stereocenters. The van der Waals surface area contributed by atoms with Gasteiger partial charge in [-0.25, -0.2) is 0 Å². The van der Waals surface area contributed by atoms with E-state index in [0.29, 0.717) is 6.04 Å². The zero-order chi connectivity index (χ0) is 13.0. The second-order valence-electron chi connectivity index (χ2n) is 5.86. The van der Waals surface area contributed by atoms with Gasteiger partial charge in [-0.15, -0.1) is 0 Å². The first kappa shape index (κ1) is 13.6. The van der Waals surface area contributed by atoms with Gasteiger partial charge in [0.2, 0.25) is 0 Å². The van der Waals surface area contributed by atoms with Crippen molar-refractivity contribution in [1.82, 2.24) is 10.2 Å². The van der Waals surface area contributed by atoms with E-state index in [1.165, 1.54) is 37.1 Å². The average Bonchev–Trinajstić information content (AvgIpc) is 2.31. The summed E-state index contributed by atoms with van der Waals surface area (Å²) in [5.41, 5.74) is 2.81. The minimum Gasteiger partial charge on any atom is -0.312 e. The summed E-state index contributed by atoms with van der Waals surface area (Å²) in [5.74, 6) is 0. The maximum absolute atomic E-state index is 3.65. The molecule has 0 aliphatic carbocycles. The summed E-state index contributed by atoms with van der Waals surface area (Å²) in [6, 6.07) is 10.2. The topological polar surface area (TPSA) is 15.3 Å². The first-order chi connectivity index (χ1) is 8.63. The predicted octanol–water partition coefficient (Wildman–Crippen LogP) is 2.96. The van der Waals surface area contributed by atoms with Crippen molar-refractivity contribution in [2.75, 3.05) is 13.1 Å². The van der Waals surface area contributed by atoms with Crippen LogP contribution in [0, 0.1) is 6.92 Å². The summed E-state index contributed by atoms with van der Waals surface area (Å²) in [6.45, 7) is 10.2. The Morgan fingerprint density at radius 2 is 2.00 bits per heavy atom. The molecule has 0 atom stereocenters. The first-order valence-electron chi connectivity index (χ1n) is 7.17. The minimum atomic E-state index is 0.610. The standard InChI is InChI=1S/C16H26N2/c1-13(2)17-16-7-9-18(10-8-16)12-15-6-4-5-14(3)11-15/h4-6,11,13,16-17H,7-10,12H2,1-3H3. The second kappa shape index (κ2) is 6.35. The summed E-state index contributed by atoms with van der Waals surface area (Å²) in [5, 5.41) is 3.65. The Morgan fingerprint density at radius 3 is 2.61 bits per heavy atom. The molecule has 100 valence electrons. The highest BCUT2D eigenvalue weighted by Gasteiger charge is 2.19. The molecule has 18 heavy (non-hydrogen) atoms. The Morgan fingerprint density at radius 1 is 1.28 bits per heavy atom. The number of rotatable bonds is 4. The van der Waals surface area contributed by atoms with E-state index in [1.54, 1.807) is 0 Å². The van der Waals surface area contributed by atoms with Gasteiger partial charge in [-0.05, 0) is 38.4 Å². The van der Waals surface area contributed by atoms with Crippen molar-refractivity contribution in [2.24, 2.45) is 0 Å². The average molecular weight is 246 g/mol. The van der Waals surface area contributed by atoms with Crippen LogP contribution >= 0.6 is 0 Å². The number of hydrogen-bond donors (Lipinski definition) is 1. The molecular weight excluding hydrogens is 220 g/mol. The van der Waals surface area contributed by atoms with Gasteiger partial charge in [-0.3, -0.25) is 4.90 Å². The molecule has 1 aromatic rings. The minimum absolute atomic E-state index is 0.610. The van der Waals surface area contributed by atoms with Crippen LogP contribution in [0.25, 0.3) is 0 Å². The molecule has 2 heteroatoms. The molecule has 2 nitrogen and oxygen atoms in total. The fourth-order valence-corrected chi connectivity index (χ4v) is 2.80. The molecule has 1 aliphatic rings. The van der Waals surface area contributed by atoms with E-state index >= 15 is 0 Å². The van der Waals surface area contributed by atoms with E-state index in [-0.39, 0.29) is 0 Å². The zero-order valence-electron chi connectivity index (χ0n) is 11.9. The Hall–Kier alpha value is -0.860. The van der Waals surface area contributed by atoms with E-state index in [0.717, 1.165) is 12.6 Å². The van der Waals surface area contributed by atoms with Crippen molar-refractivity contribution in [1.29, 1.82) is 0 Å². The quantitative estimate of drug-likeness (QED) is 0.878. The summed E-state index contributed by atoms with van der Waals surface area (Å²) in [4.78, 5) is 2.58. The summed E-state index contributed by atoms with van der Waals surface area (Å²) >= 11 is 0. The van der Waals surface area contributed by atoms with Crippen molar-refractivity contribution >= 4 is 0 Å². The van der Waals surface area contributed by atoms with Gasteiger partial charge < -0.3 is 5.32 Å². The van der Waals surface area contributed by atoms with E-state index in [2.05, 4.69) is 55.3 Å². The number of likely N-dealkylation sites (tertiary alicyclic amines) is 1. The lowest BCUT2D eigenvalue weighted by Gasteiger charge is -2.33. The molecule has 1 heterocycles. The number of hydrogen-bond acceptors (Lipinski definition) is 2. The van der Waals surface area contributed by atoms with Crippen LogP contribution in [-0.4, -0.2) is 30.1 Å². The van der Waals surface area contributed by atoms with E-state index in [4.69, 9.17) is 0 Å². The smallest absolute Gasteiger partial charge is 0.0233 e. The van der Waals surface area contributed by atoms with Crippen LogP contribution in [0.2, 0.25) is 0 Å². The highest BCUT2D eigenvalue weighted by molar-refractivity contribution is 5.22. The second-order valence-corrected chi connectivity index (χ2v) is 5.86. The summed E-state index contributed by atoms with van der Waals surface area (Å²) in [6.07, 6.45) is 2.56. The van der Waals surface area contributed by atoms with Crippen LogP contribution in [0.3, 0.4) is 0 Å². The highest BCUT2D eigenvalue weighted by atomic mass is 15.1. The van der Waals surface area contributed by atoms with E-state index in [9.17, 15) is 0 Å². The van der Waals surface area contributed by atoms with Crippen molar-refractivity contribution in [3.63, 3.8) is 0 Å². The molecule has 1 aromatic carbocycles. The third-order valence-corrected chi connectivity index (χ3v) is 3.65. The SMILES string of the molecule is Cc1cccc(CN2CCC(NC(C)C)CC2)c1. The van der Waals surface area contributed by atoms with Crippen LogP contribution in [0.15, 0.2) is 24.3 Å². The van der Waals surface area contributed by atoms with E-state index in [1.807, 2.05) is 0 Å². The number of piperidine rings is 1. The van der Waals surface area contributed by atoms with Gasteiger partial charge in [0.1, 0.15) is 0 Å². The Labute approximate surface area is 111 Å². The Kier molecular flexibility index (Phi) is 4.79. The van der Waals surface area contributed by atoms with Gasteiger partial charge in [0.15, 0.2) is 0 Å². The zero-order valence-corrected chi connectivity index (χ0v) is 11.9. The third kappa shape index (κ3) is 4.11. The van der Waals surface area contributed by atoms with Gasteiger partial charge in [-0.2, -0.15) is 0 Å². The third-order valence-electron chi connectivity index (χ3n) is 3.65. The lowest BCUT2D eigenvalue weighted by molar-refractivity contribution is 0.186.